The van der Waals surface area contributed by atoms with Crippen LogP contribution in [0.5, 0.6) is 0 Å². The highest BCUT2D eigenvalue weighted by Gasteiger charge is 2.07. The quantitative estimate of drug-likeness (QED) is 0.765. The standard InChI is InChI=1S/C10H9FN4/c1-6-4-7(2-3-8(6)11)9-10(12)13-5-14-15-9/h2-5H,1H3,(H2,12,13,14). The number of nitrogens with zero attached hydrogens (tertiary/aromatic N) is 3. The highest BCUT2D eigenvalue weighted by Crippen LogP contribution is 2.22. The highest BCUT2D eigenvalue weighted by atomic mass is 19.1. The summed E-state index contributed by atoms with van der Waals surface area (Å²) in [6.07, 6.45) is 1.27. The summed E-state index contributed by atoms with van der Waals surface area (Å²) in [6.45, 7) is 1.68. The number of aromatic nitrogens is 3. The van der Waals surface area contributed by atoms with Crippen LogP contribution in [-0.4, -0.2) is 15.2 Å². The van der Waals surface area contributed by atoms with Crippen molar-refractivity contribution < 1.29 is 4.39 Å². The zero-order valence-corrected chi connectivity index (χ0v) is 8.11. The molecule has 0 radical (unpaired) electrons. The molecule has 0 aliphatic carbocycles. The smallest absolute Gasteiger partial charge is 0.153 e. The number of halogens is 1. The summed E-state index contributed by atoms with van der Waals surface area (Å²) in [5.41, 5.74) is 7.36. The fraction of sp³-hybridized carbons (Fsp3) is 0.100. The minimum Gasteiger partial charge on any atom is -0.382 e. The largest absolute Gasteiger partial charge is 0.382 e. The first-order valence-electron chi connectivity index (χ1n) is 4.38. The van der Waals surface area contributed by atoms with Gasteiger partial charge in [0.2, 0.25) is 0 Å². The van der Waals surface area contributed by atoms with Gasteiger partial charge in [0.25, 0.3) is 0 Å². The Morgan fingerprint density at radius 2 is 2.13 bits per heavy atom. The lowest BCUT2D eigenvalue weighted by Crippen LogP contribution is -1.98. The lowest BCUT2D eigenvalue weighted by molar-refractivity contribution is 0.618. The second kappa shape index (κ2) is 3.61. The molecule has 2 aromatic rings. The lowest BCUT2D eigenvalue weighted by Gasteiger charge is -2.03. The van der Waals surface area contributed by atoms with E-state index in [0.29, 0.717) is 16.8 Å². The van der Waals surface area contributed by atoms with E-state index in [1.54, 1.807) is 19.1 Å². The van der Waals surface area contributed by atoms with Gasteiger partial charge < -0.3 is 5.73 Å². The van der Waals surface area contributed by atoms with Crippen molar-refractivity contribution in [2.75, 3.05) is 5.73 Å². The average Bonchev–Trinajstić information content (AvgIpc) is 2.23. The van der Waals surface area contributed by atoms with Crippen LogP contribution in [-0.2, 0) is 0 Å². The third-order valence-electron chi connectivity index (χ3n) is 2.08. The van der Waals surface area contributed by atoms with E-state index < -0.39 is 0 Å². The van der Waals surface area contributed by atoms with E-state index in [2.05, 4.69) is 15.2 Å². The zero-order valence-electron chi connectivity index (χ0n) is 8.11. The van der Waals surface area contributed by atoms with Crippen LogP contribution in [0.1, 0.15) is 5.56 Å². The molecule has 1 aromatic carbocycles. The Morgan fingerprint density at radius 3 is 2.80 bits per heavy atom. The Hall–Kier alpha value is -2.04. The van der Waals surface area contributed by atoms with Gasteiger partial charge >= 0.3 is 0 Å². The van der Waals surface area contributed by atoms with E-state index in [1.165, 1.54) is 12.4 Å². The van der Waals surface area contributed by atoms with E-state index in [9.17, 15) is 4.39 Å². The molecule has 76 valence electrons. The molecule has 5 heteroatoms. The topological polar surface area (TPSA) is 64.7 Å². The molecule has 15 heavy (non-hydrogen) atoms. The number of hydrogen-bond acceptors (Lipinski definition) is 4. The molecule has 2 rings (SSSR count). The van der Waals surface area contributed by atoms with Gasteiger partial charge in [-0.3, -0.25) is 0 Å². The number of aryl methyl sites for hydroxylation is 1. The highest BCUT2D eigenvalue weighted by molar-refractivity contribution is 5.69. The van der Waals surface area contributed by atoms with Crippen molar-refractivity contribution in [3.63, 3.8) is 0 Å². The molecule has 0 bridgehead atoms. The van der Waals surface area contributed by atoms with Gasteiger partial charge in [-0.1, -0.05) is 0 Å². The monoisotopic (exact) mass is 204 g/mol. The molecule has 0 spiro atoms. The van der Waals surface area contributed by atoms with Gasteiger partial charge in [-0.05, 0) is 30.7 Å². The normalized spacial score (nSPS) is 10.3. The summed E-state index contributed by atoms with van der Waals surface area (Å²) >= 11 is 0. The van der Waals surface area contributed by atoms with Crippen molar-refractivity contribution in [3.8, 4) is 11.3 Å². The van der Waals surface area contributed by atoms with Crippen LogP contribution in [0.15, 0.2) is 24.5 Å². The van der Waals surface area contributed by atoms with Gasteiger partial charge in [0.15, 0.2) is 5.82 Å². The van der Waals surface area contributed by atoms with E-state index in [4.69, 9.17) is 5.73 Å². The first-order valence-corrected chi connectivity index (χ1v) is 4.38. The lowest BCUT2D eigenvalue weighted by atomic mass is 10.1. The van der Waals surface area contributed by atoms with Crippen molar-refractivity contribution in [1.29, 1.82) is 0 Å². The van der Waals surface area contributed by atoms with E-state index >= 15 is 0 Å². The van der Waals surface area contributed by atoms with Gasteiger partial charge in [0, 0.05) is 5.56 Å². The number of rotatable bonds is 1. The van der Waals surface area contributed by atoms with Crippen LogP contribution in [0.3, 0.4) is 0 Å². The molecule has 0 saturated heterocycles. The Labute approximate surface area is 86.0 Å². The van der Waals surface area contributed by atoms with Crippen molar-refractivity contribution in [2.24, 2.45) is 0 Å². The SMILES string of the molecule is Cc1cc(-c2nncnc2N)ccc1F. The fourth-order valence-corrected chi connectivity index (χ4v) is 1.28. The summed E-state index contributed by atoms with van der Waals surface area (Å²) in [7, 11) is 0. The van der Waals surface area contributed by atoms with E-state index in [0.717, 1.165) is 0 Å². The minimum absolute atomic E-state index is 0.255. The maximum atomic E-state index is 13.0. The molecule has 0 fully saturated rings. The summed E-state index contributed by atoms with van der Waals surface area (Å²) in [4.78, 5) is 3.82. The number of benzene rings is 1. The molecule has 4 nitrogen and oxygen atoms in total. The van der Waals surface area contributed by atoms with Crippen LogP contribution < -0.4 is 5.73 Å². The third kappa shape index (κ3) is 1.76. The fourth-order valence-electron chi connectivity index (χ4n) is 1.28. The predicted octanol–water partition coefficient (Wildman–Crippen LogP) is 1.57. The van der Waals surface area contributed by atoms with E-state index in [-0.39, 0.29) is 11.6 Å². The molecule has 0 aliphatic heterocycles. The second-order valence-corrected chi connectivity index (χ2v) is 3.16. The second-order valence-electron chi connectivity index (χ2n) is 3.16. The van der Waals surface area contributed by atoms with Crippen LogP contribution >= 0.6 is 0 Å². The predicted molar refractivity (Wildman–Crippen MR) is 54.4 cm³/mol. The molecule has 1 aromatic heterocycles. The molecular weight excluding hydrogens is 195 g/mol. The number of nitrogens with two attached hydrogens (primary N) is 1. The summed E-state index contributed by atoms with van der Waals surface area (Å²) in [5.74, 6) is 0.0326. The van der Waals surface area contributed by atoms with Crippen molar-refractivity contribution >= 4 is 5.82 Å². The van der Waals surface area contributed by atoms with Gasteiger partial charge in [0.05, 0.1) is 0 Å². The summed E-state index contributed by atoms with van der Waals surface area (Å²) in [5, 5.41) is 7.50. The summed E-state index contributed by atoms with van der Waals surface area (Å²) in [6, 6.07) is 4.64. The molecule has 0 aliphatic rings. The van der Waals surface area contributed by atoms with E-state index in [1.807, 2.05) is 0 Å². The summed E-state index contributed by atoms with van der Waals surface area (Å²) < 4.78 is 13.0. The number of hydrogen-bond donors (Lipinski definition) is 1. The van der Waals surface area contributed by atoms with Gasteiger partial charge in [-0.25, -0.2) is 9.37 Å². The van der Waals surface area contributed by atoms with Crippen LogP contribution in [0.4, 0.5) is 10.2 Å². The Morgan fingerprint density at radius 1 is 1.33 bits per heavy atom. The Balaban J connectivity index is 2.55. The number of anilines is 1. The zero-order chi connectivity index (χ0) is 10.8. The molecule has 0 amide bonds. The Kier molecular flexibility index (Phi) is 2.29. The average molecular weight is 204 g/mol. The van der Waals surface area contributed by atoms with Crippen molar-refractivity contribution in [3.05, 3.63) is 35.9 Å². The maximum absolute atomic E-state index is 13.0. The first kappa shape index (κ1) is 9.51. The minimum atomic E-state index is -0.255. The Bertz CT molecular complexity index is 499. The molecule has 2 N–H and O–H groups in total. The number of nitrogen functional groups attached to an aromatic ring is 1. The van der Waals surface area contributed by atoms with Crippen molar-refractivity contribution in [1.82, 2.24) is 15.2 Å². The third-order valence-corrected chi connectivity index (χ3v) is 2.08. The van der Waals surface area contributed by atoms with Crippen LogP contribution in [0.25, 0.3) is 11.3 Å². The maximum Gasteiger partial charge on any atom is 0.153 e. The van der Waals surface area contributed by atoms with Crippen LogP contribution in [0.2, 0.25) is 0 Å². The first-order chi connectivity index (χ1) is 7.18. The van der Waals surface area contributed by atoms with Crippen molar-refractivity contribution in [2.45, 2.75) is 6.92 Å². The van der Waals surface area contributed by atoms with Crippen LogP contribution in [0, 0.1) is 12.7 Å². The van der Waals surface area contributed by atoms with Gasteiger partial charge in [-0.2, -0.15) is 0 Å². The molecule has 0 unspecified atom stereocenters. The van der Waals surface area contributed by atoms with Gasteiger partial charge in [-0.15, -0.1) is 10.2 Å². The van der Waals surface area contributed by atoms with Gasteiger partial charge in [0.1, 0.15) is 17.8 Å². The molecule has 1 heterocycles. The molecule has 0 saturated carbocycles. The molecule has 0 atom stereocenters. The molecular formula is C10H9FN4.